The van der Waals surface area contributed by atoms with E-state index in [1.54, 1.807) is 0 Å². The Morgan fingerprint density at radius 1 is 1.18 bits per heavy atom. The van der Waals surface area contributed by atoms with Gasteiger partial charge in [-0.15, -0.1) is 0 Å². The number of hydrogen-bond donors (Lipinski definition) is 1. The fourth-order valence-electron chi connectivity index (χ4n) is 4.22. The Hall–Kier alpha value is -2.67. The van der Waals surface area contributed by atoms with Gasteiger partial charge in [-0.25, -0.2) is 4.68 Å². The summed E-state index contributed by atoms with van der Waals surface area (Å²) >= 11 is 0. The van der Waals surface area contributed by atoms with Gasteiger partial charge in [-0.3, -0.25) is 9.59 Å². The van der Waals surface area contributed by atoms with Gasteiger partial charge in [0.05, 0.1) is 17.9 Å². The predicted molar refractivity (Wildman–Crippen MR) is 107 cm³/mol. The molecule has 3 heterocycles. The fraction of sp³-hybridized carbons (Fsp3) is 0.476. The number of rotatable bonds is 3. The summed E-state index contributed by atoms with van der Waals surface area (Å²) in [5.74, 6) is 0.173. The number of amides is 2. The van der Waals surface area contributed by atoms with Crippen LogP contribution in [0, 0.1) is 13.8 Å². The lowest BCUT2D eigenvalue weighted by molar-refractivity contribution is -0.135. The van der Waals surface area contributed by atoms with Gasteiger partial charge in [-0.1, -0.05) is 0 Å². The summed E-state index contributed by atoms with van der Waals surface area (Å²) < 4.78 is 1.89. The second kappa shape index (κ2) is 7.75. The Balaban J connectivity index is 1.46. The van der Waals surface area contributed by atoms with E-state index >= 15 is 0 Å². The van der Waals surface area contributed by atoms with Crippen LogP contribution >= 0.6 is 0 Å². The van der Waals surface area contributed by atoms with Crippen molar-refractivity contribution in [1.29, 1.82) is 0 Å². The average molecular weight is 381 g/mol. The number of piperazine rings is 1. The Kier molecular flexibility index (Phi) is 5.17. The van der Waals surface area contributed by atoms with Gasteiger partial charge in [0.25, 0.3) is 5.91 Å². The minimum Gasteiger partial charge on any atom is -0.337 e. The minimum absolute atomic E-state index is 0.0344. The third kappa shape index (κ3) is 3.67. The zero-order chi connectivity index (χ0) is 19.7. The Labute approximate surface area is 165 Å². The van der Waals surface area contributed by atoms with Crippen LogP contribution < -0.4 is 5.32 Å². The van der Waals surface area contributed by atoms with E-state index < -0.39 is 0 Å². The van der Waals surface area contributed by atoms with Crippen LogP contribution in [0.25, 0.3) is 5.69 Å². The summed E-state index contributed by atoms with van der Waals surface area (Å²) in [4.78, 5) is 29.0. The van der Waals surface area contributed by atoms with Crippen LogP contribution in [-0.4, -0.2) is 70.2 Å². The Morgan fingerprint density at radius 3 is 2.64 bits per heavy atom. The van der Waals surface area contributed by atoms with E-state index in [2.05, 4.69) is 10.4 Å². The number of nitrogens with one attached hydrogen (secondary N) is 1. The van der Waals surface area contributed by atoms with Gasteiger partial charge < -0.3 is 15.1 Å². The SMILES string of the molecule is Cc1cc(C)n(-c2ccc(C(=O)N3CCCC(N4CCNCC4=O)C3)cc2)n1. The molecular formula is C21H27N5O2. The molecule has 1 N–H and O–H groups in total. The third-order valence-electron chi connectivity index (χ3n) is 5.62. The molecule has 28 heavy (non-hydrogen) atoms. The molecule has 2 aromatic rings. The van der Waals surface area contributed by atoms with Crippen LogP contribution in [0.4, 0.5) is 0 Å². The number of hydrogen-bond acceptors (Lipinski definition) is 4. The fourth-order valence-corrected chi connectivity index (χ4v) is 4.22. The van der Waals surface area contributed by atoms with Crippen LogP contribution in [0.5, 0.6) is 0 Å². The molecule has 7 heteroatoms. The Bertz CT molecular complexity index is 873. The highest BCUT2D eigenvalue weighted by molar-refractivity contribution is 5.94. The predicted octanol–water partition coefficient (Wildman–Crippen LogP) is 1.53. The molecule has 7 nitrogen and oxygen atoms in total. The molecule has 0 spiro atoms. The zero-order valence-corrected chi connectivity index (χ0v) is 16.5. The molecule has 1 aromatic carbocycles. The van der Waals surface area contributed by atoms with Crippen LogP contribution in [-0.2, 0) is 4.79 Å². The van der Waals surface area contributed by atoms with Crippen LogP contribution in [0.1, 0.15) is 34.6 Å². The first-order chi connectivity index (χ1) is 13.5. The number of aryl methyl sites for hydroxylation is 2. The number of aromatic nitrogens is 2. The molecule has 2 aliphatic heterocycles. The summed E-state index contributed by atoms with van der Waals surface area (Å²) in [6.07, 6.45) is 1.89. The lowest BCUT2D eigenvalue weighted by Crippen LogP contribution is -2.57. The van der Waals surface area contributed by atoms with E-state index in [0.717, 1.165) is 49.6 Å². The van der Waals surface area contributed by atoms with Gasteiger partial charge in [-0.05, 0) is 57.0 Å². The monoisotopic (exact) mass is 381 g/mol. The maximum Gasteiger partial charge on any atom is 0.253 e. The first-order valence-corrected chi connectivity index (χ1v) is 9.96. The smallest absolute Gasteiger partial charge is 0.253 e. The number of piperidine rings is 1. The van der Waals surface area contributed by atoms with Gasteiger partial charge in [0, 0.05) is 43.5 Å². The highest BCUT2D eigenvalue weighted by Gasteiger charge is 2.31. The van der Waals surface area contributed by atoms with E-state index in [9.17, 15) is 9.59 Å². The maximum atomic E-state index is 13.0. The molecule has 0 saturated carbocycles. The number of carbonyl (C=O) groups is 2. The van der Waals surface area contributed by atoms with E-state index in [4.69, 9.17) is 0 Å². The first-order valence-electron chi connectivity index (χ1n) is 9.96. The summed E-state index contributed by atoms with van der Waals surface area (Å²) in [5, 5.41) is 7.60. The molecular weight excluding hydrogens is 354 g/mol. The highest BCUT2D eigenvalue weighted by Crippen LogP contribution is 2.20. The maximum absolute atomic E-state index is 13.0. The van der Waals surface area contributed by atoms with Crippen molar-refractivity contribution < 1.29 is 9.59 Å². The summed E-state index contributed by atoms with van der Waals surface area (Å²) in [7, 11) is 0. The largest absolute Gasteiger partial charge is 0.337 e. The van der Waals surface area contributed by atoms with E-state index in [0.29, 0.717) is 18.7 Å². The van der Waals surface area contributed by atoms with Crippen molar-refractivity contribution in [3.8, 4) is 5.69 Å². The van der Waals surface area contributed by atoms with Gasteiger partial charge in [0.15, 0.2) is 0 Å². The minimum atomic E-state index is 0.0344. The second-order valence-electron chi connectivity index (χ2n) is 7.70. The molecule has 4 rings (SSSR count). The van der Waals surface area contributed by atoms with Crippen LogP contribution in [0.2, 0.25) is 0 Å². The van der Waals surface area contributed by atoms with Crippen molar-refractivity contribution in [3.05, 3.63) is 47.3 Å². The molecule has 2 saturated heterocycles. The molecule has 148 valence electrons. The molecule has 0 bridgehead atoms. The zero-order valence-electron chi connectivity index (χ0n) is 16.5. The number of carbonyl (C=O) groups excluding carboxylic acids is 2. The molecule has 0 aliphatic carbocycles. The number of nitrogens with zero attached hydrogens (tertiary/aromatic N) is 4. The normalized spacial score (nSPS) is 20.5. The highest BCUT2D eigenvalue weighted by atomic mass is 16.2. The van der Waals surface area contributed by atoms with Gasteiger partial charge in [-0.2, -0.15) is 5.10 Å². The molecule has 1 unspecified atom stereocenters. The van der Waals surface area contributed by atoms with Gasteiger partial charge in [0.2, 0.25) is 5.91 Å². The van der Waals surface area contributed by atoms with Crippen molar-refractivity contribution in [2.45, 2.75) is 32.7 Å². The third-order valence-corrected chi connectivity index (χ3v) is 5.62. The molecule has 2 amide bonds. The van der Waals surface area contributed by atoms with Gasteiger partial charge >= 0.3 is 0 Å². The summed E-state index contributed by atoms with van der Waals surface area (Å²) in [6.45, 7) is 7.30. The van der Waals surface area contributed by atoms with Crippen molar-refractivity contribution in [3.63, 3.8) is 0 Å². The lowest BCUT2D eigenvalue weighted by Gasteiger charge is -2.41. The van der Waals surface area contributed by atoms with Crippen molar-refractivity contribution >= 4 is 11.8 Å². The average Bonchev–Trinajstić information content (AvgIpc) is 3.06. The number of benzene rings is 1. The first kappa shape index (κ1) is 18.7. The quantitative estimate of drug-likeness (QED) is 0.875. The molecule has 2 aliphatic rings. The molecule has 1 aromatic heterocycles. The van der Waals surface area contributed by atoms with Gasteiger partial charge in [0.1, 0.15) is 0 Å². The molecule has 1 atom stereocenters. The van der Waals surface area contributed by atoms with Crippen LogP contribution in [0.15, 0.2) is 30.3 Å². The standard InChI is InChI=1S/C21H27N5O2/c1-15-12-16(2)26(23-15)18-7-5-17(6-8-18)21(28)24-10-3-4-19(14-24)25-11-9-22-13-20(25)27/h5-8,12,19,22H,3-4,9-11,13-14H2,1-2H3. The second-order valence-corrected chi connectivity index (χ2v) is 7.70. The topological polar surface area (TPSA) is 70.5 Å². The molecule has 2 fully saturated rings. The van der Waals surface area contributed by atoms with Crippen molar-refractivity contribution in [2.24, 2.45) is 0 Å². The van der Waals surface area contributed by atoms with E-state index in [-0.39, 0.29) is 17.9 Å². The summed E-state index contributed by atoms with van der Waals surface area (Å²) in [6, 6.07) is 9.77. The lowest BCUT2D eigenvalue weighted by atomic mass is 10.0. The Morgan fingerprint density at radius 2 is 1.96 bits per heavy atom. The molecule has 0 radical (unpaired) electrons. The number of likely N-dealkylation sites (tertiary alicyclic amines) is 1. The van der Waals surface area contributed by atoms with E-state index in [1.165, 1.54) is 0 Å². The van der Waals surface area contributed by atoms with Crippen molar-refractivity contribution in [1.82, 2.24) is 24.9 Å². The summed E-state index contributed by atoms with van der Waals surface area (Å²) in [5.41, 5.74) is 3.67. The van der Waals surface area contributed by atoms with E-state index in [1.807, 2.05) is 58.7 Å². The van der Waals surface area contributed by atoms with Crippen LogP contribution in [0.3, 0.4) is 0 Å². The van der Waals surface area contributed by atoms with Crippen molar-refractivity contribution in [2.75, 3.05) is 32.7 Å².